The van der Waals surface area contributed by atoms with Crippen LogP contribution in [-0.4, -0.2) is 89.4 Å². The molecule has 48 heavy (non-hydrogen) atoms. The van der Waals surface area contributed by atoms with E-state index in [1.807, 2.05) is 64.1 Å². The third-order valence-corrected chi connectivity index (χ3v) is 10.3. The lowest BCUT2D eigenvalue weighted by molar-refractivity contribution is -0.0883. The van der Waals surface area contributed by atoms with Crippen molar-refractivity contribution < 1.29 is 19.1 Å². The number of piperidine rings is 1. The first-order valence-corrected chi connectivity index (χ1v) is 16.7. The number of likely N-dealkylation sites (N-methyl/N-ethyl adjacent to an activating group) is 1. The molecule has 4 aromatic rings. The number of H-pyrrole nitrogens is 1. The van der Waals surface area contributed by atoms with E-state index in [4.69, 9.17) is 24.3 Å². The van der Waals surface area contributed by atoms with E-state index in [-0.39, 0.29) is 18.0 Å². The largest absolute Gasteiger partial charge is 0.496 e. The molecule has 0 bridgehead atoms. The van der Waals surface area contributed by atoms with E-state index >= 15 is 0 Å². The van der Waals surface area contributed by atoms with Gasteiger partial charge in [-0.05, 0) is 83.4 Å². The molecule has 1 unspecified atom stereocenters. The Morgan fingerprint density at radius 2 is 1.88 bits per heavy atom. The van der Waals surface area contributed by atoms with Gasteiger partial charge in [-0.3, -0.25) is 9.69 Å². The smallest absolute Gasteiger partial charge is 0.251 e. The lowest BCUT2D eigenvalue weighted by Crippen LogP contribution is -2.54. The molecule has 0 aliphatic carbocycles. The molecule has 0 saturated carbocycles. The molecule has 2 N–H and O–H groups in total. The summed E-state index contributed by atoms with van der Waals surface area (Å²) in [6.07, 6.45) is 1.78. The van der Waals surface area contributed by atoms with Crippen LogP contribution in [0.5, 0.6) is 5.75 Å². The van der Waals surface area contributed by atoms with E-state index in [2.05, 4.69) is 34.3 Å². The lowest BCUT2D eigenvalue weighted by atomic mass is 9.83. The van der Waals surface area contributed by atoms with E-state index in [1.165, 1.54) is 0 Å². The van der Waals surface area contributed by atoms with Crippen molar-refractivity contribution in [2.24, 2.45) is 0 Å². The first kappa shape index (κ1) is 32.1. The number of carbonyl (C=O) groups is 1. The fourth-order valence-corrected chi connectivity index (χ4v) is 7.19. The van der Waals surface area contributed by atoms with Crippen LogP contribution in [0.25, 0.3) is 38.8 Å². The second-order valence-electron chi connectivity index (χ2n) is 13.9. The predicted octanol–water partition coefficient (Wildman–Crippen LogP) is 5.49. The van der Waals surface area contributed by atoms with Crippen LogP contribution in [-0.2, 0) is 15.0 Å². The Balaban J connectivity index is 1.31. The summed E-state index contributed by atoms with van der Waals surface area (Å²) in [4.78, 5) is 35.5. The number of nitrogens with one attached hydrogen (secondary N) is 2. The van der Waals surface area contributed by atoms with Crippen LogP contribution in [0.2, 0.25) is 0 Å². The van der Waals surface area contributed by atoms with Crippen molar-refractivity contribution in [2.75, 3.05) is 40.5 Å². The van der Waals surface area contributed by atoms with Gasteiger partial charge in [-0.25, -0.2) is 9.97 Å². The maximum atomic E-state index is 13.9. The molecule has 2 fully saturated rings. The summed E-state index contributed by atoms with van der Waals surface area (Å²) < 4.78 is 11.3. The molecule has 11 heteroatoms. The van der Waals surface area contributed by atoms with Gasteiger partial charge in [0.15, 0.2) is 0 Å². The number of hydroxylamine groups is 2. The summed E-state index contributed by atoms with van der Waals surface area (Å²) >= 11 is 0. The topological polar surface area (TPSA) is 129 Å². The first-order chi connectivity index (χ1) is 23.0. The molecule has 1 amide bonds. The lowest BCUT2D eigenvalue weighted by Gasteiger charge is -2.41. The van der Waals surface area contributed by atoms with Gasteiger partial charge >= 0.3 is 0 Å². The summed E-state index contributed by atoms with van der Waals surface area (Å²) in [5.74, 6) is 1.99. The molecule has 3 aliphatic rings. The minimum absolute atomic E-state index is 0.0408. The van der Waals surface area contributed by atoms with E-state index < -0.39 is 5.41 Å². The average Bonchev–Trinajstić information content (AvgIpc) is 3.52. The number of methoxy groups -OCH3 is 1. The zero-order valence-corrected chi connectivity index (χ0v) is 28.7. The molecule has 5 heterocycles. The average molecular weight is 650 g/mol. The number of aryl methyl sites for hydroxylation is 1. The van der Waals surface area contributed by atoms with E-state index in [0.29, 0.717) is 34.5 Å². The molecule has 0 spiro atoms. The molecule has 0 radical (unpaired) electrons. The number of aromatic nitrogens is 3. The van der Waals surface area contributed by atoms with Gasteiger partial charge < -0.3 is 24.6 Å². The standard InChI is InChI=1S/C37H43N7O4/c1-20-32(21(2)48-43(20)6)29-15-30-28(16-31(29)46-7)33-34(39-22(3)40-35(33)42-30)23-12-24(14-25(13-23)37(4,5)19-38)36(45)41-26-8-10-44(11-9-26)27-17-47-18-27/h12-16,20,26-27H,8-11,17-18H2,1-7H3,(H,41,45)(H,39,40,42). The van der Waals surface area contributed by atoms with Gasteiger partial charge in [0.2, 0.25) is 0 Å². The maximum Gasteiger partial charge on any atom is 0.251 e. The number of allylic oxidation sites excluding steroid dienone is 1. The van der Waals surface area contributed by atoms with Gasteiger partial charge in [-0.15, -0.1) is 5.06 Å². The van der Waals surface area contributed by atoms with Crippen molar-refractivity contribution in [3.05, 3.63) is 58.6 Å². The number of nitrogens with zero attached hydrogens (tertiary/aromatic N) is 5. The van der Waals surface area contributed by atoms with E-state index in [1.54, 1.807) is 7.11 Å². The van der Waals surface area contributed by atoms with Crippen molar-refractivity contribution in [3.63, 3.8) is 0 Å². The van der Waals surface area contributed by atoms with Gasteiger partial charge in [-0.1, -0.05) is 0 Å². The third-order valence-electron chi connectivity index (χ3n) is 10.3. The van der Waals surface area contributed by atoms with Crippen LogP contribution >= 0.6 is 0 Å². The summed E-state index contributed by atoms with van der Waals surface area (Å²) in [6, 6.07) is 12.9. The summed E-state index contributed by atoms with van der Waals surface area (Å²) in [6.45, 7) is 13.1. The molecule has 2 aromatic heterocycles. The number of carbonyl (C=O) groups excluding carboxylic acids is 1. The van der Waals surface area contributed by atoms with Crippen LogP contribution in [0.3, 0.4) is 0 Å². The molecule has 7 rings (SSSR count). The second-order valence-corrected chi connectivity index (χ2v) is 13.9. The van der Waals surface area contributed by atoms with Crippen molar-refractivity contribution in [1.29, 1.82) is 5.26 Å². The number of benzene rings is 2. The highest BCUT2D eigenvalue weighted by Crippen LogP contribution is 2.42. The predicted molar refractivity (Wildman–Crippen MR) is 184 cm³/mol. The molecule has 3 aliphatic heterocycles. The highest BCUT2D eigenvalue weighted by molar-refractivity contribution is 6.13. The van der Waals surface area contributed by atoms with Crippen LogP contribution in [0.4, 0.5) is 0 Å². The van der Waals surface area contributed by atoms with Crippen LogP contribution in [0.1, 0.15) is 67.8 Å². The summed E-state index contributed by atoms with van der Waals surface area (Å²) in [5.41, 5.74) is 5.43. The molecular weight excluding hydrogens is 606 g/mol. The number of fused-ring (bicyclic) bond motifs is 3. The Morgan fingerprint density at radius 3 is 2.50 bits per heavy atom. The van der Waals surface area contributed by atoms with Crippen molar-refractivity contribution >= 4 is 33.4 Å². The fourth-order valence-electron chi connectivity index (χ4n) is 7.19. The van der Waals surface area contributed by atoms with Crippen molar-refractivity contribution in [2.45, 2.75) is 71.0 Å². The SMILES string of the molecule is COc1cc2c(cc1C1=C(C)ON(C)C1C)[nH]c1nc(C)nc(-c3cc(C(=O)NC4CCN(C5COC5)CC4)cc(C(C)(C)C#N)c3)c12. The second kappa shape index (κ2) is 12.2. The van der Waals surface area contributed by atoms with Gasteiger partial charge in [-0.2, -0.15) is 5.26 Å². The normalized spacial score (nSPS) is 19.8. The molecule has 2 saturated heterocycles. The Bertz CT molecular complexity index is 2000. The number of nitriles is 1. The number of aromatic amines is 1. The molecule has 11 nitrogen and oxygen atoms in total. The quantitative estimate of drug-likeness (QED) is 0.267. The molecular formula is C37H43N7O4. The number of amides is 1. The number of hydrogen-bond acceptors (Lipinski definition) is 9. The Labute approximate surface area is 280 Å². The van der Waals surface area contributed by atoms with Gasteiger partial charge in [0.1, 0.15) is 23.0 Å². The molecule has 250 valence electrons. The Morgan fingerprint density at radius 1 is 1.12 bits per heavy atom. The van der Waals surface area contributed by atoms with Gasteiger partial charge in [0.25, 0.3) is 5.91 Å². The van der Waals surface area contributed by atoms with Crippen molar-refractivity contribution in [1.82, 2.24) is 30.2 Å². The van der Waals surface area contributed by atoms with Gasteiger partial charge in [0, 0.05) is 59.3 Å². The number of likely N-dealkylation sites (tertiary alicyclic amines) is 1. The van der Waals surface area contributed by atoms with Gasteiger partial charge in [0.05, 0.1) is 55.0 Å². The summed E-state index contributed by atoms with van der Waals surface area (Å²) in [5, 5.41) is 17.0. The Hall–Kier alpha value is -4.50. The highest BCUT2D eigenvalue weighted by Gasteiger charge is 2.32. The Kier molecular flexibility index (Phi) is 8.14. The zero-order valence-electron chi connectivity index (χ0n) is 28.7. The van der Waals surface area contributed by atoms with Crippen LogP contribution < -0.4 is 10.1 Å². The minimum Gasteiger partial charge on any atom is -0.496 e. The van der Waals surface area contributed by atoms with Crippen molar-refractivity contribution in [3.8, 4) is 23.1 Å². The van der Waals surface area contributed by atoms with E-state index in [9.17, 15) is 10.1 Å². The number of hydrogen-bond donors (Lipinski definition) is 2. The molecule has 2 aromatic carbocycles. The van der Waals surface area contributed by atoms with E-state index in [0.717, 1.165) is 83.5 Å². The minimum atomic E-state index is -0.834. The van der Waals surface area contributed by atoms with Crippen LogP contribution in [0, 0.1) is 18.3 Å². The monoisotopic (exact) mass is 649 g/mol. The fraction of sp³-hybridized carbons (Fsp3) is 0.459. The molecule has 1 atom stereocenters. The number of rotatable bonds is 7. The number of ether oxygens (including phenoxy) is 2. The maximum absolute atomic E-state index is 13.9. The first-order valence-electron chi connectivity index (χ1n) is 16.7. The summed E-state index contributed by atoms with van der Waals surface area (Å²) in [7, 11) is 3.59. The zero-order chi connectivity index (χ0) is 33.9. The van der Waals surface area contributed by atoms with Crippen LogP contribution in [0.15, 0.2) is 36.1 Å². The highest BCUT2D eigenvalue weighted by atomic mass is 16.7. The third kappa shape index (κ3) is 5.57.